The molecule has 0 unspecified atom stereocenters. The summed E-state index contributed by atoms with van der Waals surface area (Å²) in [6.07, 6.45) is 3.05. The van der Waals surface area contributed by atoms with Crippen LogP contribution in [0.3, 0.4) is 0 Å². The molecule has 5 heteroatoms. The van der Waals surface area contributed by atoms with Crippen molar-refractivity contribution in [3.63, 3.8) is 0 Å². The highest BCUT2D eigenvalue weighted by Gasteiger charge is 2.23. The molecule has 1 heterocycles. The zero-order valence-electron chi connectivity index (χ0n) is 11.5. The van der Waals surface area contributed by atoms with E-state index in [1.807, 2.05) is 0 Å². The van der Waals surface area contributed by atoms with Gasteiger partial charge in [-0.1, -0.05) is 19.8 Å². The predicted octanol–water partition coefficient (Wildman–Crippen LogP) is 1.53. The van der Waals surface area contributed by atoms with Gasteiger partial charge < -0.3 is 5.32 Å². The standard InChI is InChI=1S/C13H21N3O2/c1-5-6-7-8-14-13(18)12(17)11-9(2)15-16(4)10(11)3/h5-8H2,1-4H3,(H,14,18). The van der Waals surface area contributed by atoms with Crippen molar-refractivity contribution in [2.75, 3.05) is 6.54 Å². The molecule has 0 aliphatic heterocycles. The number of nitrogens with one attached hydrogen (secondary N) is 1. The molecule has 0 aliphatic rings. The summed E-state index contributed by atoms with van der Waals surface area (Å²) in [5, 5.41) is 6.79. The van der Waals surface area contributed by atoms with Crippen LogP contribution in [-0.2, 0) is 11.8 Å². The van der Waals surface area contributed by atoms with Gasteiger partial charge in [0, 0.05) is 19.3 Å². The second-order valence-electron chi connectivity index (χ2n) is 4.46. The third-order valence-corrected chi connectivity index (χ3v) is 3.01. The number of carbonyl (C=O) groups is 2. The van der Waals surface area contributed by atoms with Crippen LogP contribution in [0.1, 0.15) is 47.9 Å². The molecule has 1 aromatic rings. The zero-order valence-corrected chi connectivity index (χ0v) is 11.5. The Kier molecular flexibility index (Phi) is 5.07. The molecule has 1 aromatic heterocycles. The van der Waals surface area contributed by atoms with Gasteiger partial charge in [0.05, 0.1) is 11.3 Å². The molecule has 0 atom stereocenters. The zero-order chi connectivity index (χ0) is 13.7. The molecule has 18 heavy (non-hydrogen) atoms. The Bertz CT molecular complexity index is 449. The number of aryl methyl sites for hydroxylation is 2. The van der Waals surface area contributed by atoms with E-state index in [1.54, 1.807) is 25.6 Å². The van der Waals surface area contributed by atoms with E-state index in [1.165, 1.54) is 0 Å². The van der Waals surface area contributed by atoms with Gasteiger partial charge in [-0.2, -0.15) is 5.10 Å². The molecule has 0 spiro atoms. The molecule has 0 radical (unpaired) electrons. The van der Waals surface area contributed by atoms with E-state index in [9.17, 15) is 9.59 Å². The number of aromatic nitrogens is 2. The number of rotatable bonds is 6. The van der Waals surface area contributed by atoms with E-state index in [-0.39, 0.29) is 0 Å². The van der Waals surface area contributed by atoms with Gasteiger partial charge in [-0.25, -0.2) is 0 Å². The second-order valence-corrected chi connectivity index (χ2v) is 4.46. The third kappa shape index (κ3) is 3.18. The van der Waals surface area contributed by atoms with Crippen molar-refractivity contribution >= 4 is 11.7 Å². The van der Waals surface area contributed by atoms with E-state index < -0.39 is 11.7 Å². The number of hydrogen-bond donors (Lipinski definition) is 1. The Labute approximate surface area is 108 Å². The monoisotopic (exact) mass is 251 g/mol. The Morgan fingerprint density at radius 3 is 2.44 bits per heavy atom. The first-order valence-electron chi connectivity index (χ1n) is 6.31. The predicted molar refractivity (Wildman–Crippen MR) is 69.5 cm³/mol. The Hall–Kier alpha value is -1.65. The molecule has 0 aromatic carbocycles. The van der Waals surface area contributed by atoms with Crippen molar-refractivity contribution in [1.29, 1.82) is 0 Å². The average Bonchev–Trinajstić information content (AvgIpc) is 2.58. The van der Waals surface area contributed by atoms with E-state index >= 15 is 0 Å². The second kappa shape index (κ2) is 6.33. The lowest BCUT2D eigenvalue weighted by Crippen LogP contribution is -2.32. The highest BCUT2D eigenvalue weighted by atomic mass is 16.2. The van der Waals surface area contributed by atoms with Gasteiger partial charge >= 0.3 is 0 Å². The van der Waals surface area contributed by atoms with Crippen molar-refractivity contribution < 1.29 is 9.59 Å². The molecule has 0 fully saturated rings. The van der Waals surface area contributed by atoms with E-state index in [2.05, 4.69) is 17.3 Å². The van der Waals surface area contributed by atoms with Gasteiger partial charge in [-0.15, -0.1) is 0 Å². The summed E-state index contributed by atoms with van der Waals surface area (Å²) >= 11 is 0. The van der Waals surface area contributed by atoms with Crippen LogP contribution in [-0.4, -0.2) is 28.0 Å². The summed E-state index contributed by atoms with van der Waals surface area (Å²) in [6.45, 7) is 6.17. The number of nitrogens with zero attached hydrogens (tertiary/aromatic N) is 2. The van der Waals surface area contributed by atoms with Crippen molar-refractivity contribution in [2.24, 2.45) is 7.05 Å². The van der Waals surface area contributed by atoms with Gasteiger partial charge in [0.25, 0.3) is 11.7 Å². The summed E-state index contributed by atoms with van der Waals surface area (Å²) < 4.78 is 1.62. The topological polar surface area (TPSA) is 64.0 Å². The molecule has 1 N–H and O–H groups in total. The molecule has 0 bridgehead atoms. The number of amides is 1. The van der Waals surface area contributed by atoms with Crippen LogP contribution in [0.15, 0.2) is 0 Å². The molecule has 100 valence electrons. The van der Waals surface area contributed by atoms with E-state index in [4.69, 9.17) is 0 Å². The molecule has 1 rings (SSSR count). The van der Waals surface area contributed by atoms with Crippen molar-refractivity contribution in [1.82, 2.24) is 15.1 Å². The molecule has 5 nitrogen and oxygen atoms in total. The minimum Gasteiger partial charge on any atom is -0.349 e. The largest absolute Gasteiger partial charge is 0.349 e. The molecular weight excluding hydrogens is 230 g/mol. The highest BCUT2D eigenvalue weighted by Crippen LogP contribution is 2.12. The van der Waals surface area contributed by atoms with Crippen LogP contribution in [0.4, 0.5) is 0 Å². The third-order valence-electron chi connectivity index (χ3n) is 3.01. The van der Waals surface area contributed by atoms with Gasteiger partial charge in [0.2, 0.25) is 0 Å². The van der Waals surface area contributed by atoms with E-state index in [0.717, 1.165) is 25.0 Å². The lowest BCUT2D eigenvalue weighted by molar-refractivity contribution is -0.117. The molecule has 0 saturated heterocycles. The van der Waals surface area contributed by atoms with Crippen LogP contribution in [0, 0.1) is 13.8 Å². The Morgan fingerprint density at radius 2 is 1.94 bits per heavy atom. The summed E-state index contributed by atoms with van der Waals surface area (Å²) in [5.74, 6) is -1.03. The molecule has 0 saturated carbocycles. The summed E-state index contributed by atoms with van der Waals surface area (Å²) in [4.78, 5) is 23.7. The van der Waals surface area contributed by atoms with Crippen LogP contribution in [0.25, 0.3) is 0 Å². The summed E-state index contributed by atoms with van der Waals surface area (Å²) in [7, 11) is 1.76. The van der Waals surface area contributed by atoms with E-state index in [0.29, 0.717) is 17.8 Å². The maximum atomic E-state index is 12.0. The maximum absolute atomic E-state index is 12.0. The fourth-order valence-electron chi connectivity index (χ4n) is 1.87. The normalized spacial score (nSPS) is 10.4. The van der Waals surface area contributed by atoms with Crippen molar-refractivity contribution in [3.05, 3.63) is 17.0 Å². The van der Waals surface area contributed by atoms with Gasteiger partial charge in [-0.3, -0.25) is 14.3 Å². The highest BCUT2D eigenvalue weighted by molar-refractivity contribution is 6.43. The number of ketones is 1. The Balaban J connectivity index is 2.66. The SMILES string of the molecule is CCCCCNC(=O)C(=O)c1c(C)nn(C)c1C. The van der Waals surface area contributed by atoms with Gasteiger partial charge in [-0.05, 0) is 20.3 Å². The molecule has 1 amide bonds. The van der Waals surface area contributed by atoms with Crippen LogP contribution in [0.2, 0.25) is 0 Å². The fraction of sp³-hybridized carbons (Fsp3) is 0.615. The van der Waals surface area contributed by atoms with Crippen molar-refractivity contribution in [2.45, 2.75) is 40.0 Å². The summed E-state index contributed by atoms with van der Waals surface area (Å²) in [6, 6.07) is 0. The molecule has 0 aliphatic carbocycles. The van der Waals surface area contributed by atoms with Gasteiger partial charge in [0.15, 0.2) is 0 Å². The molecular formula is C13H21N3O2. The van der Waals surface area contributed by atoms with Crippen LogP contribution >= 0.6 is 0 Å². The van der Waals surface area contributed by atoms with Crippen LogP contribution in [0.5, 0.6) is 0 Å². The maximum Gasteiger partial charge on any atom is 0.292 e. The lowest BCUT2D eigenvalue weighted by Gasteiger charge is -2.04. The number of hydrogen-bond acceptors (Lipinski definition) is 3. The smallest absolute Gasteiger partial charge is 0.292 e. The minimum atomic E-state index is -0.537. The number of Topliss-reactive ketones (excluding diaryl/α,β-unsaturated/α-hetero) is 1. The first-order valence-corrected chi connectivity index (χ1v) is 6.31. The Morgan fingerprint density at radius 1 is 1.28 bits per heavy atom. The van der Waals surface area contributed by atoms with Gasteiger partial charge in [0.1, 0.15) is 0 Å². The van der Waals surface area contributed by atoms with Crippen molar-refractivity contribution in [3.8, 4) is 0 Å². The first kappa shape index (κ1) is 14.4. The number of carbonyl (C=O) groups excluding carboxylic acids is 2. The lowest BCUT2D eigenvalue weighted by atomic mass is 10.1. The quantitative estimate of drug-likeness (QED) is 0.473. The minimum absolute atomic E-state index is 0.422. The number of unbranched alkanes of at least 4 members (excludes halogenated alkanes) is 2. The first-order chi connectivity index (χ1) is 8.49. The average molecular weight is 251 g/mol. The van der Waals surface area contributed by atoms with Crippen LogP contribution < -0.4 is 5.32 Å². The summed E-state index contributed by atoms with van der Waals surface area (Å²) in [5.41, 5.74) is 1.75. The fourth-order valence-corrected chi connectivity index (χ4v) is 1.87.